The number of unbranched alkanes of at least 4 members (excludes halogenated alkanes) is 56. The molecule has 0 saturated heterocycles. The smallest absolute Gasteiger partial charge is 0.306 e. The van der Waals surface area contributed by atoms with Crippen LogP contribution >= 0.6 is 0 Å². The largest absolute Gasteiger partial charge is 0.462 e. The SMILES string of the molecule is CCCCC/C=C\C/C=C\CCCCCCCCCCCC(=O)OCC(COC(=O)CCCCCCCCCCCCCCCCCCCCCCCCCC)OC(=O)CCCCCCCCCCCCCCCCCCCCCCCC. The molecule has 0 spiro atoms. The molecule has 83 heavy (non-hydrogen) atoms. The Morgan fingerprint density at radius 1 is 0.241 bits per heavy atom. The molecular weight excluding hydrogens is 1020 g/mol. The van der Waals surface area contributed by atoms with Gasteiger partial charge in [-0.25, -0.2) is 0 Å². The molecule has 0 amide bonds. The monoisotopic (exact) mass is 1170 g/mol. The molecule has 0 aromatic heterocycles. The number of carbonyl (C=O) groups excluding carboxylic acids is 3. The van der Waals surface area contributed by atoms with Crippen LogP contribution in [0.3, 0.4) is 0 Å². The van der Waals surface area contributed by atoms with Crippen LogP contribution in [-0.4, -0.2) is 37.2 Å². The highest BCUT2D eigenvalue weighted by molar-refractivity contribution is 5.71. The van der Waals surface area contributed by atoms with Gasteiger partial charge in [-0.15, -0.1) is 0 Å². The van der Waals surface area contributed by atoms with Crippen LogP contribution in [0.5, 0.6) is 0 Å². The quantitative estimate of drug-likeness (QED) is 0.0261. The van der Waals surface area contributed by atoms with Crippen LogP contribution in [-0.2, 0) is 28.6 Å². The molecule has 6 nitrogen and oxygen atoms in total. The first-order valence-corrected chi connectivity index (χ1v) is 37.8. The number of hydrogen-bond acceptors (Lipinski definition) is 6. The van der Waals surface area contributed by atoms with Crippen molar-refractivity contribution < 1.29 is 28.6 Å². The van der Waals surface area contributed by atoms with Crippen molar-refractivity contribution in [3.05, 3.63) is 24.3 Å². The van der Waals surface area contributed by atoms with Crippen molar-refractivity contribution in [1.82, 2.24) is 0 Å². The lowest BCUT2D eigenvalue weighted by Crippen LogP contribution is -2.30. The van der Waals surface area contributed by atoms with E-state index in [0.717, 1.165) is 64.2 Å². The van der Waals surface area contributed by atoms with Gasteiger partial charge in [0.1, 0.15) is 13.2 Å². The maximum atomic E-state index is 13.0. The highest BCUT2D eigenvalue weighted by Gasteiger charge is 2.20. The minimum Gasteiger partial charge on any atom is -0.462 e. The molecule has 0 aliphatic heterocycles. The number of carbonyl (C=O) groups is 3. The van der Waals surface area contributed by atoms with Gasteiger partial charge >= 0.3 is 17.9 Å². The van der Waals surface area contributed by atoms with Gasteiger partial charge in [-0.05, 0) is 51.4 Å². The fourth-order valence-electron chi connectivity index (χ4n) is 11.8. The molecule has 0 saturated carbocycles. The molecule has 0 N–H and O–H groups in total. The third-order valence-corrected chi connectivity index (χ3v) is 17.5. The maximum absolute atomic E-state index is 13.0. The minimum atomic E-state index is -0.771. The number of hydrogen-bond donors (Lipinski definition) is 0. The molecular formula is C77H146O6. The second-order valence-corrected chi connectivity index (χ2v) is 25.9. The average molecular weight is 1170 g/mol. The van der Waals surface area contributed by atoms with E-state index in [1.54, 1.807) is 0 Å². The molecule has 0 aromatic rings. The van der Waals surface area contributed by atoms with Crippen LogP contribution in [0, 0.1) is 0 Å². The Balaban J connectivity index is 4.28. The van der Waals surface area contributed by atoms with Crippen molar-refractivity contribution in [2.45, 2.75) is 438 Å². The van der Waals surface area contributed by atoms with Crippen molar-refractivity contribution >= 4 is 17.9 Å². The third-order valence-electron chi connectivity index (χ3n) is 17.5. The summed E-state index contributed by atoms with van der Waals surface area (Å²) in [7, 11) is 0. The Morgan fingerprint density at radius 2 is 0.434 bits per heavy atom. The maximum Gasteiger partial charge on any atom is 0.306 e. The molecule has 0 radical (unpaired) electrons. The lowest BCUT2D eigenvalue weighted by atomic mass is 10.0. The molecule has 0 rings (SSSR count). The molecule has 490 valence electrons. The zero-order valence-corrected chi connectivity index (χ0v) is 56.5. The van der Waals surface area contributed by atoms with Gasteiger partial charge < -0.3 is 14.2 Å². The molecule has 1 atom stereocenters. The van der Waals surface area contributed by atoms with Gasteiger partial charge in [0.2, 0.25) is 0 Å². The summed E-state index contributed by atoms with van der Waals surface area (Å²) in [6.07, 6.45) is 89.3. The molecule has 0 heterocycles. The molecule has 0 aliphatic carbocycles. The van der Waals surface area contributed by atoms with E-state index < -0.39 is 6.10 Å². The number of ether oxygens (including phenoxy) is 3. The first kappa shape index (κ1) is 80.9. The second-order valence-electron chi connectivity index (χ2n) is 25.9. The van der Waals surface area contributed by atoms with Gasteiger partial charge in [0.05, 0.1) is 0 Å². The summed E-state index contributed by atoms with van der Waals surface area (Å²) in [5, 5.41) is 0. The van der Waals surface area contributed by atoms with E-state index >= 15 is 0 Å². The van der Waals surface area contributed by atoms with Gasteiger partial charge in [0.25, 0.3) is 0 Å². The first-order valence-electron chi connectivity index (χ1n) is 37.8. The highest BCUT2D eigenvalue weighted by atomic mass is 16.6. The van der Waals surface area contributed by atoms with Gasteiger partial charge in [-0.2, -0.15) is 0 Å². The predicted octanol–water partition coefficient (Wildman–Crippen LogP) is 26.1. The van der Waals surface area contributed by atoms with E-state index in [9.17, 15) is 14.4 Å². The number of esters is 3. The summed E-state index contributed by atoms with van der Waals surface area (Å²) < 4.78 is 17.1. The molecule has 0 aromatic carbocycles. The summed E-state index contributed by atoms with van der Waals surface area (Å²) in [5.41, 5.74) is 0. The summed E-state index contributed by atoms with van der Waals surface area (Å²) in [4.78, 5) is 38.6. The molecule has 6 heteroatoms. The zero-order valence-electron chi connectivity index (χ0n) is 56.5. The van der Waals surface area contributed by atoms with Gasteiger partial charge in [0, 0.05) is 19.3 Å². The van der Waals surface area contributed by atoms with E-state index in [-0.39, 0.29) is 31.1 Å². The van der Waals surface area contributed by atoms with Crippen LogP contribution in [0.15, 0.2) is 24.3 Å². The van der Waals surface area contributed by atoms with E-state index in [1.807, 2.05) is 0 Å². The molecule has 0 aliphatic rings. The average Bonchev–Trinajstić information content (AvgIpc) is 3.49. The van der Waals surface area contributed by atoms with E-state index in [4.69, 9.17) is 14.2 Å². The first-order chi connectivity index (χ1) is 41.0. The summed E-state index contributed by atoms with van der Waals surface area (Å²) in [6.45, 7) is 6.72. The molecule has 1 unspecified atom stereocenters. The van der Waals surface area contributed by atoms with Crippen molar-refractivity contribution in [2.24, 2.45) is 0 Å². The Labute approximate surface area is 519 Å². The van der Waals surface area contributed by atoms with E-state index in [0.29, 0.717) is 19.3 Å². The normalized spacial score (nSPS) is 12.1. The van der Waals surface area contributed by atoms with Gasteiger partial charge in [0.15, 0.2) is 6.10 Å². The van der Waals surface area contributed by atoms with E-state index in [2.05, 4.69) is 45.1 Å². The van der Waals surface area contributed by atoms with Gasteiger partial charge in [-0.1, -0.05) is 385 Å². The highest BCUT2D eigenvalue weighted by Crippen LogP contribution is 2.20. The zero-order chi connectivity index (χ0) is 59.9. The Morgan fingerprint density at radius 3 is 0.687 bits per heavy atom. The third kappa shape index (κ3) is 70.5. The number of allylic oxidation sites excluding steroid dienone is 4. The van der Waals surface area contributed by atoms with Crippen molar-refractivity contribution in [3.8, 4) is 0 Å². The summed E-state index contributed by atoms with van der Waals surface area (Å²) >= 11 is 0. The summed E-state index contributed by atoms with van der Waals surface area (Å²) in [5.74, 6) is -0.831. The lowest BCUT2D eigenvalue weighted by Gasteiger charge is -2.18. The van der Waals surface area contributed by atoms with Crippen LogP contribution in [0.25, 0.3) is 0 Å². The fraction of sp³-hybridized carbons (Fsp3) is 0.909. The van der Waals surface area contributed by atoms with Crippen molar-refractivity contribution in [2.75, 3.05) is 13.2 Å². The number of rotatable bonds is 71. The van der Waals surface area contributed by atoms with Gasteiger partial charge in [-0.3, -0.25) is 14.4 Å². The minimum absolute atomic E-state index is 0.0653. The Bertz CT molecular complexity index is 1340. The van der Waals surface area contributed by atoms with E-state index in [1.165, 1.54) is 327 Å². The summed E-state index contributed by atoms with van der Waals surface area (Å²) in [6, 6.07) is 0. The van der Waals surface area contributed by atoms with Crippen LogP contribution < -0.4 is 0 Å². The topological polar surface area (TPSA) is 78.9 Å². The van der Waals surface area contributed by atoms with Crippen molar-refractivity contribution in [3.63, 3.8) is 0 Å². The Kier molecular flexibility index (Phi) is 70.5. The van der Waals surface area contributed by atoms with Crippen LogP contribution in [0.2, 0.25) is 0 Å². The standard InChI is InChI=1S/C77H146O6/c1-4-7-10-13-16-19-22-25-28-31-34-36-38-39-41-43-46-49-52-55-58-61-64-67-70-76(79)82-73-74(72-81-75(78)69-66-63-60-57-54-51-48-45-42-33-30-27-24-21-18-15-12-9-6-3)83-77(80)71-68-65-62-59-56-53-50-47-44-40-37-35-32-29-26-23-20-17-14-11-8-5-2/h18,21,27,30,74H,4-17,19-20,22-26,28-29,31-73H2,1-3H3/b21-18-,30-27-. The van der Waals surface area contributed by atoms with Crippen LogP contribution in [0.4, 0.5) is 0 Å². The Hall–Kier alpha value is -2.11. The molecule has 0 bridgehead atoms. The lowest BCUT2D eigenvalue weighted by molar-refractivity contribution is -0.167. The fourth-order valence-corrected chi connectivity index (χ4v) is 11.8. The molecule has 0 fully saturated rings. The van der Waals surface area contributed by atoms with Crippen LogP contribution in [0.1, 0.15) is 432 Å². The predicted molar refractivity (Wildman–Crippen MR) is 363 cm³/mol. The van der Waals surface area contributed by atoms with Crippen molar-refractivity contribution in [1.29, 1.82) is 0 Å². The second kappa shape index (κ2) is 72.4.